The number of aromatic nitrogens is 2. The Hall–Kier alpha value is -3.61. The highest BCUT2D eigenvalue weighted by Gasteiger charge is 2.33. The van der Waals surface area contributed by atoms with E-state index in [2.05, 4.69) is 4.90 Å². The van der Waals surface area contributed by atoms with Gasteiger partial charge in [0.2, 0.25) is 11.9 Å². The molecule has 2 aliphatic rings. The molecule has 0 radical (unpaired) electrons. The molecule has 1 aromatic heterocycles. The van der Waals surface area contributed by atoms with E-state index < -0.39 is 0 Å². The van der Waals surface area contributed by atoms with Crippen LogP contribution in [-0.4, -0.2) is 36.1 Å². The van der Waals surface area contributed by atoms with Gasteiger partial charge in [0, 0.05) is 29.9 Å². The van der Waals surface area contributed by atoms with Gasteiger partial charge < -0.3 is 15.4 Å². The molecule has 0 spiro atoms. The first kappa shape index (κ1) is 20.3. The third-order valence-corrected chi connectivity index (χ3v) is 6.18. The van der Waals surface area contributed by atoms with Gasteiger partial charge in [0.15, 0.2) is 0 Å². The van der Waals surface area contributed by atoms with Crippen molar-refractivity contribution in [2.45, 2.75) is 32.2 Å². The van der Waals surface area contributed by atoms with Gasteiger partial charge in [-0.1, -0.05) is 24.3 Å². The largest absolute Gasteiger partial charge is 0.497 e. The minimum Gasteiger partial charge on any atom is -0.497 e. The molecule has 0 saturated carbocycles. The molecular formula is C25H27N5O2. The number of fused-ring (bicyclic) bond motifs is 1. The average Bonchev–Trinajstić information content (AvgIpc) is 3.15. The lowest BCUT2D eigenvalue weighted by atomic mass is 10.0. The smallest absolute Gasteiger partial charge is 0.233 e. The summed E-state index contributed by atoms with van der Waals surface area (Å²) in [6, 6.07) is 15.5. The number of carbonyl (C=O) groups is 1. The summed E-state index contributed by atoms with van der Waals surface area (Å²) in [5, 5.41) is 0. The average molecular weight is 430 g/mol. The second kappa shape index (κ2) is 8.49. The summed E-state index contributed by atoms with van der Waals surface area (Å²) in [6.07, 6.45) is 3.79. The molecule has 0 atom stereocenters. The topological polar surface area (TPSA) is 84.6 Å². The van der Waals surface area contributed by atoms with Crippen LogP contribution in [0.25, 0.3) is 11.3 Å². The second-order valence-electron chi connectivity index (χ2n) is 8.35. The normalized spacial score (nSPS) is 15.7. The summed E-state index contributed by atoms with van der Waals surface area (Å²) in [4.78, 5) is 27.0. The molecule has 5 rings (SSSR count). The molecule has 2 aliphatic heterocycles. The Balaban J connectivity index is 1.57. The lowest BCUT2D eigenvalue weighted by Gasteiger charge is -2.28. The van der Waals surface area contributed by atoms with Crippen molar-refractivity contribution >= 4 is 23.4 Å². The fourth-order valence-electron chi connectivity index (χ4n) is 4.40. The van der Waals surface area contributed by atoms with E-state index >= 15 is 0 Å². The molecule has 2 N–H and O–H groups in total. The van der Waals surface area contributed by atoms with Gasteiger partial charge in [-0.3, -0.25) is 9.69 Å². The van der Waals surface area contributed by atoms with E-state index in [1.165, 1.54) is 6.42 Å². The number of carbonyl (C=O) groups excluding carboxylic acids is 1. The van der Waals surface area contributed by atoms with Crippen molar-refractivity contribution in [2.24, 2.45) is 0 Å². The molecular weight excluding hydrogens is 402 g/mol. The van der Waals surface area contributed by atoms with E-state index in [9.17, 15) is 4.79 Å². The first-order valence-corrected chi connectivity index (χ1v) is 11.1. The van der Waals surface area contributed by atoms with E-state index in [4.69, 9.17) is 20.4 Å². The number of hydrogen-bond donors (Lipinski definition) is 1. The fourth-order valence-corrected chi connectivity index (χ4v) is 4.40. The van der Waals surface area contributed by atoms with Gasteiger partial charge in [-0.2, -0.15) is 4.98 Å². The number of piperidine rings is 1. The highest BCUT2D eigenvalue weighted by atomic mass is 16.5. The number of nitrogens with two attached hydrogens (primary N) is 1. The second-order valence-corrected chi connectivity index (χ2v) is 8.35. The minimum absolute atomic E-state index is 0.0395. The van der Waals surface area contributed by atoms with Crippen LogP contribution in [0.15, 0.2) is 48.5 Å². The zero-order valence-electron chi connectivity index (χ0n) is 18.3. The number of rotatable bonds is 5. The highest BCUT2D eigenvalue weighted by Crippen LogP contribution is 2.37. The summed E-state index contributed by atoms with van der Waals surface area (Å²) >= 11 is 0. The number of methoxy groups -OCH3 is 1. The number of ether oxygens (including phenoxy) is 1. The third kappa shape index (κ3) is 3.86. The quantitative estimate of drug-likeness (QED) is 0.621. The van der Waals surface area contributed by atoms with E-state index in [1.54, 1.807) is 12.0 Å². The highest BCUT2D eigenvalue weighted by molar-refractivity contribution is 6.02. The Bertz CT molecular complexity index is 1120. The summed E-state index contributed by atoms with van der Waals surface area (Å²) in [7, 11) is 1.65. The number of nitrogens with zero attached hydrogens (tertiary/aromatic N) is 4. The Kier molecular flexibility index (Phi) is 5.39. The van der Waals surface area contributed by atoms with E-state index in [0.29, 0.717) is 30.4 Å². The van der Waals surface area contributed by atoms with Gasteiger partial charge in [0.25, 0.3) is 0 Å². The van der Waals surface area contributed by atoms with Crippen molar-refractivity contribution in [2.75, 3.05) is 35.7 Å². The molecule has 0 aliphatic carbocycles. The maximum atomic E-state index is 13.1. The van der Waals surface area contributed by atoms with Gasteiger partial charge in [0.1, 0.15) is 11.6 Å². The van der Waals surface area contributed by atoms with Crippen LogP contribution in [0.4, 0.5) is 17.5 Å². The molecule has 32 heavy (non-hydrogen) atoms. The van der Waals surface area contributed by atoms with Crippen molar-refractivity contribution in [3.8, 4) is 17.0 Å². The Morgan fingerprint density at radius 3 is 2.38 bits per heavy atom. The Morgan fingerprint density at radius 2 is 1.69 bits per heavy atom. The number of amides is 1. The number of benzene rings is 2. The number of anilines is 3. The van der Waals surface area contributed by atoms with Crippen molar-refractivity contribution in [3.63, 3.8) is 0 Å². The van der Waals surface area contributed by atoms with E-state index in [0.717, 1.165) is 54.1 Å². The molecule has 2 aromatic carbocycles. The van der Waals surface area contributed by atoms with Crippen molar-refractivity contribution in [3.05, 3.63) is 59.7 Å². The Morgan fingerprint density at radius 1 is 0.969 bits per heavy atom. The SMILES string of the molecule is COc1ccc(CN2C(=O)Cc3c(-c4ccc(N)cc4)nc(N4CCCCC4)nc32)cc1. The third-order valence-electron chi connectivity index (χ3n) is 6.18. The molecule has 0 bridgehead atoms. The summed E-state index contributed by atoms with van der Waals surface area (Å²) < 4.78 is 5.26. The molecule has 1 saturated heterocycles. The summed E-state index contributed by atoms with van der Waals surface area (Å²) in [6.45, 7) is 2.34. The first-order valence-electron chi connectivity index (χ1n) is 11.1. The van der Waals surface area contributed by atoms with E-state index in [1.807, 2.05) is 48.5 Å². The monoisotopic (exact) mass is 429 g/mol. The molecule has 3 aromatic rings. The Labute approximate surface area is 187 Å². The van der Waals surface area contributed by atoms with Gasteiger partial charge in [0.05, 0.1) is 25.8 Å². The zero-order valence-corrected chi connectivity index (χ0v) is 18.3. The molecule has 1 fully saturated rings. The van der Waals surface area contributed by atoms with Crippen molar-refractivity contribution < 1.29 is 9.53 Å². The van der Waals surface area contributed by atoms with Gasteiger partial charge in [-0.25, -0.2) is 4.98 Å². The predicted molar refractivity (Wildman–Crippen MR) is 126 cm³/mol. The molecule has 3 heterocycles. The van der Waals surface area contributed by atoms with Gasteiger partial charge in [-0.05, 0) is 49.1 Å². The number of hydrogen-bond acceptors (Lipinski definition) is 6. The van der Waals surface area contributed by atoms with Crippen LogP contribution >= 0.6 is 0 Å². The predicted octanol–water partition coefficient (Wildman–Crippen LogP) is 3.81. The van der Waals surface area contributed by atoms with Crippen LogP contribution in [0, 0.1) is 0 Å². The van der Waals surface area contributed by atoms with Crippen molar-refractivity contribution in [1.29, 1.82) is 0 Å². The molecule has 7 heteroatoms. The lowest BCUT2D eigenvalue weighted by Crippen LogP contribution is -2.32. The maximum absolute atomic E-state index is 13.1. The standard InChI is InChI=1S/C25H27N5O2/c1-32-20-11-5-17(6-12-20)16-30-22(31)15-21-23(18-7-9-19(26)10-8-18)27-25(28-24(21)30)29-13-3-2-4-14-29/h5-12H,2-4,13-16,26H2,1H3. The molecule has 164 valence electrons. The van der Waals surface area contributed by atoms with Crippen LogP contribution in [0.3, 0.4) is 0 Å². The molecule has 0 unspecified atom stereocenters. The van der Waals surface area contributed by atoms with Crippen LogP contribution in [0.1, 0.15) is 30.4 Å². The molecule has 1 amide bonds. The minimum atomic E-state index is 0.0395. The van der Waals surface area contributed by atoms with Crippen LogP contribution in [0.2, 0.25) is 0 Å². The van der Waals surface area contributed by atoms with Gasteiger partial charge >= 0.3 is 0 Å². The lowest BCUT2D eigenvalue weighted by molar-refractivity contribution is -0.117. The number of nitrogen functional groups attached to an aromatic ring is 1. The summed E-state index contributed by atoms with van der Waals surface area (Å²) in [5.74, 6) is 2.25. The van der Waals surface area contributed by atoms with Crippen LogP contribution in [0.5, 0.6) is 5.75 Å². The fraction of sp³-hybridized carbons (Fsp3) is 0.320. The maximum Gasteiger partial charge on any atom is 0.233 e. The van der Waals surface area contributed by atoms with Crippen LogP contribution in [-0.2, 0) is 17.8 Å². The first-order chi connectivity index (χ1) is 15.6. The van der Waals surface area contributed by atoms with Gasteiger partial charge in [-0.15, -0.1) is 0 Å². The van der Waals surface area contributed by atoms with Crippen molar-refractivity contribution in [1.82, 2.24) is 9.97 Å². The van der Waals surface area contributed by atoms with E-state index in [-0.39, 0.29) is 5.91 Å². The zero-order chi connectivity index (χ0) is 22.1. The summed E-state index contributed by atoms with van der Waals surface area (Å²) in [5.41, 5.74) is 10.3. The van der Waals surface area contributed by atoms with Crippen LogP contribution < -0.4 is 20.3 Å². The molecule has 7 nitrogen and oxygen atoms in total.